The van der Waals surface area contributed by atoms with Crippen LogP contribution < -0.4 is 9.47 Å². The first-order chi connectivity index (χ1) is 17.1. The minimum atomic E-state index is -0.0000697. The number of rotatable bonds is 6. The molecule has 2 aliphatic heterocycles. The van der Waals surface area contributed by atoms with E-state index in [0.717, 1.165) is 50.0 Å². The quantitative estimate of drug-likeness (QED) is 0.542. The standard InChI is InChI=1S/C27H32N4O4/c1-34-22-5-7-23(8-6-22)35-19-26(32)29-14-9-20(10-15-29)21-11-16-31-25(17-21)24(18-28-31)27(33)30-12-3-2-4-13-30/h5-8,11,16-18,20H,2-4,9-10,12-15,19H2,1H3. The number of likely N-dealkylation sites (tertiary alicyclic amines) is 2. The number of aromatic nitrogens is 2. The molecular formula is C27H32N4O4. The molecule has 184 valence electrons. The first-order valence-electron chi connectivity index (χ1n) is 12.4. The number of carbonyl (C=O) groups is 2. The Kier molecular flexibility index (Phi) is 6.88. The van der Waals surface area contributed by atoms with Crippen LogP contribution in [0.5, 0.6) is 11.5 Å². The van der Waals surface area contributed by atoms with Crippen LogP contribution in [0, 0.1) is 0 Å². The minimum absolute atomic E-state index is 0.0000697. The van der Waals surface area contributed by atoms with Gasteiger partial charge in [0.2, 0.25) is 0 Å². The number of hydrogen-bond acceptors (Lipinski definition) is 5. The molecule has 0 unspecified atom stereocenters. The second-order valence-corrected chi connectivity index (χ2v) is 9.32. The van der Waals surface area contributed by atoms with Gasteiger partial charge in [-0.1, -0.05) is 0 Å². The summed E-state index contributed by atoms with van der Waals surface area (Å²) in [6.07, 6.45) is 8.73. The zero-order valence-electron chi connectivity index (χ0n) is 20.2. The van der Waals surface area contributed by atoms with E-state index < -0.39 is 0 Å². The number of ether oxygens (including phenoxy) is 2. The molecule has 2 amide bonds. The van der Waals surface area contributed by atoms with Gasteiger partial charge in [0.15, 0.2) is 6.61 Å². The van der Waals surface area contributed by atoms with Crippen LogP contribution >= 0.6 is 0 Å². The molecule has 8 heteroatoms. The number of nitrogens with zero attached hydrogens (tertiary/aromatic N) is 4. The van der Waals surface area contributed by atoms with E-state index in [-0.39, 0.29) is 18.4 Å². The highest BCUT2D eigenvalue weighted by molar-refractivity contribution is 6.00. The fourth-order valence-corrected chi connectivity index (χ4v) is 5.05. The summed E-state index contributed by atoms with van der Waals surface area (Å²) in [7, 11) is 1.62. The Morgan fingerprint density at radius 3 is 2.37 bits per heavy atom. The zero-order valence-corrected chi connectivity index (χ0v) is 20.2. The van der Waals surface area contributed by atoms with Gasteiger partial charge in [-0.3, -0.25) is 9.59 Å². The third kappa shape index (κ3) is 5.11. The Morgan fingerprint density at radius 2 is 1.66 bits per heavy atom. The Morgan fingerprint density at radius 1 is 0.943 bits per heavy atom. The van der Waals surface area contributed by atoms with Gasteiger partial charge in [-0.05, 0) is 80.0 Å². The third-order valence-corrected chi connectivity index (χ3v) is 7.16. The van der Waals surface area contributed by atoms with E-state index in [9.17, 15) is 9.59 Å². The fraction of sp³-hybridized carbons (Fsp3) is 0.444. The van der Waals surface area contributed by atoms with Crippen molar-refractivity contribution < 1.29 is 19.1 Å². The highest BCUT2D eigenvalue weighted by Gasteiger charge is 2.26. The Labute approximate surface area is 205 Å². The van der Waals surface area contributed by atoms with Crippen molar-refractivity contribution in [2.24, 2.45) is 0 Å². The Bertz CT molecular complexity index is 1180. The summed E-state index contributed by atoms with van der Waals surface area (Å²) in [5.41, 5.74) is 2.74. The zero-order chi connectivity index (χ0) is 24.2. The molecule has 0 N–H and O–H groups in total. The van der Waals surface area contributed by atoms with Crippen molar-refractivity contribution in [2.45, 2.75) is 38.0 Å². The predicted octanol–water partition coefficient (Wildman–Crippen LogP) is 3.75. The molecule has 0 radical (unpaired) electrons. The van der Waals surface area contributed by atoms with E-state index in [1.807, 2.05) is 28.1 Å². The topological polar surface area (TPSA) is 76.4 Å². The second kappa shape index (κ2) is 10.4. The van der Waals surface area contributed by atoms with Crippen molar-refractivity contribution in [3.05, 3.63) is 59.9 Å². The number of amides is 2. The van der Waals surface area contributed by atoms with Gasteiger partial charge in [0, 0.05) is 32.4 Å². The molecule has 8 nitrogen and oxygen atoms in total. The maximum absolute atomic E-state index is 13.1. The van der Waals surface area contributed by atoms with Gasteiger partial charge in [0.1, 0.15) is 11.5 Å². The number of piperidine rings is 2. The van der Waals surface area contributed by atoms with E-state index in [2.05, 4.69) is 17.2 Å². The SMILES string of the molecule is COc1ccc(OCC(=O)N2CCC(c3ccn4ncc(C(=O)N5CCCCC5)c4c3)CC2)cc1. The first-order valence-corrected chi connectivity index (χ1v) is 12.4. The third-order valence-electron chi connectivity index (χ3n) is 7.16. The molecular weight excluding hydrogens is 444 g/mol. The molecule has 0 saturated carbocycles. The number of fused-ring (bicyclic) bond motifs is 1. The monoisotopic (exact) mass is 476 g/mol. The molecule has 0 bridgehead atoms. The predicted molar refractivity (Wildman–Crippen MR) is 132 cm³/mol. The van der Waals surface area contributed by atoms with Crippen LogP contribution in [0.2, 0.25) is 0 Å². The van der Waals surface area contributed by atoms with E-state index in [1.54, 1.807) is 30.0 Å². The highest BCUT2D eigenvalue weighted by Crippen LogP contribution is 2.30. The normalized spacial score (nSPS) is 16.9. The van der Waals surface area contributed by atoms with Gasteiger partial charge in [0.25, 0.3) is 11.8 Å². The lowest BCUT2D eigenvalue weighted by molar-refractivity contribution is -0.134. The van der Waals surface area contributed by atoms with Crippen LogP contribution in [0.4, 0.5) is 0 Å². The lowest BCUT2D eigenvalue weighted by atomic mass is 9.89. The average Bonchev–Trinajstić information content (AvgIpc) is 3.35. The van der Waals surface area contributed by atoms with Crippen LogP contribution in [-0.2, 0) is 4.79 Å². The smallest absolute Gasteiger partial charge is 0.260 e. The molecule has 2 aliphatic rings. The summed E-state index contributed by atoms with van der Waals surface area (Å²) in [4.78, 5) is 29.6. The number of methoxy groups -OCH3 is 1. The lowest BCUT2D eigenvalue weighted by Gasteiger charge is -2.32. The van der Waals surface area contributed by atoms with Gasteiger partial charge in [-0.2, -0.15) is 5.10 Å². The largest absolute Gasteiger partial charge is 0.497 e. The van der Waals surface area contributed by atoms with Crippen molar-refractivity contribution in [3.63, 3.8) is 0 Å². The molecule has 2 fully saturated rings. The maximum atomic E-state index is 13.1. The van der Waals surface area contributed by atoms with Gasteiger partial charge >= 0.3 is 0 Å². The highest BCUT2D eigenvalue weighted by atomic mass is 16.5. The molecule has 0 atom stereocenters. The fourth-order valence-electron chi connectivity index (χ4n) is 5.05. The van der Waals surface area contributed by atoms with Crippen LogP contribution in [0.15, 0.2) is 48.8 Å². The van der Waals surface area contributed by atoms with E-state index in [4.69, 9.17) is 9.47 Å². The van der Waals surface area contributed by atoms with E-state index in [0.29, 0.717) is 30.3 Å². The number of hydrogen-bond donors (Lipinski definition) is 0. The molecule has 1 aromatic carbocycles. The van der Waals surface area contributed by atoms with Crippen LogP contribution in [0.3, 0.4) is 0 Å². The van der Waals surface area contributed by atoms with Gasteiger partial charge in [-0.25, -0.2) is 4.52 Å². The van der Waals surface area contributed by atoms with Crippen molar-refractivity contribution in [2.75, 3.05) is 39.9 Å². The van der Waals surface area contributed by atoms with Gasteiger partial charge < -0.3 is 19.3 Å². The minimum Gasteiger partial charge on any atom is -0.497 e. The van der Waals surface area contributed by atoms with Crippen LogP contribution in [0.1, 0.15) is 53.9 Å². The van der Waals surface area contributed by atoms with Crippen LogP contribution in [-0.4, -0.2) is 71.1 Å². The van der Waals surface area contributed by atoms with E-state index in [1.165, 1.54) is 12.0 Å². The second-order valence-electron chi connectivity index (χ2n) is 9.32. The molecule has 5 rings (SSSR count). The first kappa shape index (κ1) is 23.2. The van der Waals surface area contributed by atoms with Gasteiger partial charge in [-0.15, -0.1) is 0 Å². The summed E-state index contributed by atoms with van der Waals surface area (Å²) in [6.45, 7) is 3.06. The molecule has 0 spiro atoms. The molecule has 2 aromatic heterocycles. The summed E-state index contributed by atoms with van der Waals surface area (Å²) in [6, 6.07) is 11.4. The van der Waals surface area contributed by atoms with Gasteiger partial charge in [0.05, 0.1) is 24.4 Å². The maximum Gasteiger partial charge on any atom is 0.260 e. The number of benzene rings is 1. The summed E-state index contributed by atoms with van der Waals surface area (Å²) >= 11 is 0. The van der Waals surface area contributed by atoms with Crippen molar-refractivity contribution in [1.82, 2.24) is 19.4 Å². The van der Waals surface area contributed by atoms with Crippen molar-refractivity contribution >= 4 is 17.3 Å². The Hall–Kier alpha value is -3.55. The summed E-state index contributed by atoms with van der Waals surface area (Å²) < 4.78 is 12.6. The molecule has 2 saturated heterocycles. The van der Waals surface area contributed by atoms with E-state index >= 15 is 0 Å². The van der Waals surface area contributed by atoms with Crippen molar-refractivity contribution in [3.8, 4) is 11.5 Å². The van der Waals surface area contributed by atoms with Crippen LogP contribution in [0.25, 0.3) is 5.52 Å². The lowest BCUT2D eigenvalue weighted by Crippen LogP contribution is -2.40. The Balaban J connectivity index is 1.19. The number of pyridine rings is 1. The summed E-state index contributed by atoms with van der Waals surface area (Å²) in [5.74, 6) is 1.83. The molecule has 3 aromatic rings. The molecule has 0 aliphatic carbocycles. The van der Waals surface area contributed by atoms with Crippen molar-refractivity contribution in [1.29, 1.82) is 0 Å². The average molecular weight is 477 g/mol. The number of carbonyl (C=O) groups excluding carboxylic acids is 2. The molecule has 4 heterocycles. The molecule has 35 heavy (non-hydrogen) atoms. The summed E-state index contributed by atoms with van der Waals surface area (Å²) in [5, 5.41) is 4.41.